The van der Waals surface area contributed by atoms with Crippen molar-refractivity contribution in [3.05, 3.63) is 0 Å². The zero-order chi connectivity index (χ0) is 20.9. The van der Waals surface area contributed by atoms with Gasteiger partial charge in [-0.15, -0.1) is 0 Å². The van der Waals surface area contributed by atoms with Crippen molar-refractivity contribution in [1.82, 2.24) is 0 Å². The van der Waals surface area contributed by atoms with Gasteiger partial charge in [0.05, 0.1) is 6.61 Å². The van der Waals surface area contributed by atoms with E-state index in [-0.39, 0.29) is 11.8 Å². The number of Topliss-reactive ketones (excluding diaryl/α,β-unsaturated/α-hetero) is 1. The van der Waals surface area contributed by atoms with Crippen LogP contribution in [0.5, 0.6) is 0 Å². The van der Waals surface area contributed by atoms with Gasteiger partial charge in [0.2, 0.25) is 0 Å². The van der Waals surface area contributed by atoms with Gasteiger partial charge in [0.1, 0.15) is 11.2 Å². The maximum atomic E-state index is 12.9. The van der Waals surface area contributed by atoms with E-state index >= 15 is 0 Å². The van der Waals surface area contributed by atoms with Crippen molar-refractivity contribution in [2.75, 3.05) is 6.61 Å². The summed E-state index contributed by atoms with van der Waals surface area (Å²) in [6, 6.07) is 0. The van der Waals surface area contributed by atoms with Crippen molar-refractivity contribution < 1.29 is 14.3 Å². The largest absolute Gasteiger partial charge is 0.465 e. The standard InChI is InChI=1S/C26H44O3/c1-4-6-17-29-25(28)26(3)16-15-23(18-24(26)27)22-13-11-21(12-14-22)20-9-7-19(5-2)8-10-20/h19-23H,4-18H2,1-3H3/t19-,20-,21?,22?,23?,26-/m0/s1. The summed E-state index contributed by atoms with van der Waals surface area (Å²) >= 11 is 0. The lowest BCUT2D eigenvalue weighted by Gasteiger charge is -2.42. The summed E-state index contributed by atoms with van der Waals surface area (Å²) in [4.78, 5) is 25.4. The molecule has 0 N–H and O–H groups in total. The van der Waals surface area contributed by atoms with E-state index in [1.165, 1.54) is 57.8 Å². The van der Waals surface area contributed by atoms with Crippen molar-refractivity contribution >= 4 is 11.8 Å². The van der Waals surface area contributed by atoms with E-state index in [4.69, 9.17) is 4.74 Å². The van der Waals surface area contributed by atoms with Gasteiger partial charge in [0.15, 0.2) is 0 Å². The minimum Gasteiger partial charge on any atom is -0.465 e. The topological polar surface area (TPSA) is 43.4 Å². The number of unbranched alkanes of at least 4 members (excludes halogenated alkanes) is 1. The van der Waals surface area contributed by atoms with Crippen LogP contribution in [0.25, 0.3) is 0 Å². The average Bonchev–Trinajstić information content (AvgIpc) is 2.76. The molecule has 0 heterocycles. The van der Waals surface area contributed by atoms with Crippen molar-refractivity contribution in [1.29, 1.82) is 0 Å². The summed E-state index contributed by atoms with van der Waals surface area (Å²) in [7, 11) is 0. The second kappa shape index (κ2) is 10.4. The summed E-state index contributed by atoms with van der Waals surface area (Å²) in [6.45, 7) is 6.70. The summed E-state index contributed by atoms with van der Waals surface area (Å²) in [5.41, 5.74) is -0.890. The monoisotopic (exact) mass is 404 g/mol. The normalized spacial score (nSPS) is 38.6. The molecule has 0 spiro atoms. The van der Waals surface area contributed by atoms with Crippen molar-refractivity contribution in [2.24, 2.45) is 35.0 Å². The fraction of sp³-hybridized carbons (Fsp3) is 0.923. The molecule has 3 rings (SSSR count). The lowest BCUT2D eigenvalue weighted by Crippen LogP contribution is -2.44. The van der Waals surface area contributed by atoms with Gasteiger partial charge in [-0.3, -0.25) is 9.59 Å². The van der Waals surface area contributed by atoms with Crippen molar-refractivity contribution in [3.63, 3.8) is 0 Å². The third-order valence-electron chi connectivity index (χ3n) is 8.88. The first kappa shape index (κ1) is 22.8. The molecule has 0 bridgehead atoms. The molecule has 2 atom stereocenters. The van der Waals surface area contributed by atoms with Crippen LogP contribution < -0.4 is 0 Å². The molecule has 0 aromatic heterocycles. The maximum absolute atomic E-state index is 12.9. The first-order chi connectivity index (χ1) is 14.0. The Kier molecular flexibility index (Phi) is 8.22. The van der Waals surface area contributed by atoms with Gasteiger partial charge in [-0.25, -0.2) is 0 Å². The molecule has 3 fully saturated rings. The molecule has 3 saturated carbocycles. The molecule has 29 heavy (non-hydrogen) atoms. The lowest BCUT2D eigenvalue weighted by atomic mass is 9.62. The number of ketones is 1. The van der Waals surface area contributed by atoms with Crippen LogP contribution in [0.4, 0.5) is 0 Å². The molecule has 3 aliphatic rings. The fourth-order valence-electron chi connectivity index (χ4n) is 6.42. The molecule has 1 unspecified atom stereocenters. The molecule has 3 aliphatic carbocycles. The molecular weight excluding hydrogens is 360 g/mol. The highest BCUT2D eigenvalue weighted by Gasteiger charge is 2.47. The highest BCUT2D eigenvalue weighted by molar-refractivity contribution is 6.04. The molecule has 0 aromatic rings. The second-order valence-electron chi connectivity index (χ2n) is 10.6. The molecule has 166 valence electrons. The number of rotatable bonds is 7. The molecular formula is C26H44O3. The second-order valence-corrected chi connectivity index (χ2v) is 10.6. The Labute approximate surface area is 178 Å². The van der Waals surface area contributed by atoms with Gasteiger partial charge in [-0.05, 0) is 94.3 Å². The fourth-order valence-corrected chi connectivity index (χ4v) is 6.42. The van der Waals surface area contributed by atoms with Crippen LogP contribution in [0.15, 0.2) is 0 Å². The Hall–Kier alpha value is -0.860. The first-order valence-corrected chi connectivity index (χ1v) is 12.7. The van der Waals surface area contributed by atoms with Crippen molar-refractivity contribution in [3.8, 4) is 0 Å². The zero-order valence-electron chi connectivity index (χ0n) is 19.2. The van der Waals surface area contributed by atoms with E-state index in [9.17, 15) is 9.59 Å². The van der Waals surface area contributed by atoms with Gasteiger partial charge in [0, 0.05) is 6.42 Å². The van der Waals surface area contributed by atoms with Crippen LogP contribution in [0.1, 0.15) is 111 Å². The van der Waals surface area contributed by atoms with Gasteiger partial charge < -0.3 is 4.74 Å². The van der Waals surface area contributed by atoms with Gasteiger partial charge in [-0.1, -0.05) is 39.5 Å². The lowest BCUT2D eigenvalue weighted by molar-refractivity contribution is -0.162. The van der Waals surface area contributed by atoms with Crippen LogP contribution in [0, 0.1) is 35.0 Å². The van der Waals surface area contributed by atoms with E-state index in [0.29, 0.717) is 31.3 Å². The molecule has 0 amide bonds. The molecule has 0 saturated heterocycles. The molecule has 3 nitrogen and oxygen atoms in total. The van der Waals surface area contributed by atoms with E-state index < -0.39 is 5.41 Å². The molecule has 0 aliphatic heterocycles. The zero-order valence-corrected chi connectivity index (χ0v) is 19.2. The summed E-state index contributed by atoms with van der Waals surface area (Å²) < 4.78 is 5.41. The van der Waals surface area contributed by atoms with Gasteiger partial charge in [-0.2, -0.15) is 0 Å². The number of hydrogen-bond acceptors (Lipinski definition) is 3. The van der Waals surface area contributed by atoms with Gasteiger partial charge >= 0.3 is 5.97 Å². The Morgan fingerprint density at radius 3 is 1.97 bits per heavy atom. The molecule has 3 heteroatoms. The number of carbonyl (C=O) groups is 2. The van der Waals surface area contributed by atoms with E-state index in [1.807, 2.05) is 6.92 Å². The number of hydrogen-bond donors (Lipinski definition) is 0. The minimum absolute atomic E-state index is 0.134. The van der Waals surface area contributed by atoms with Crippen LogP contribution in [-0.2, 0) is 14.3 Å². The minimum atomic E-state index is -0.890. The highest BCUT2D eigenvalue weighted by Crippen LogP contribution is 2.47. The van der Waals surface area contributed by atoms with Gasteiger partial charge in [0.25, 0.3) is 0 Å². The van der Waals surface area contributed by atoms with Crippen LogP contribution in [0.2, 0.25) is 0 Å². The third-order valence-corrected chi connectivity index (χ3v) is 8.88. The van der Waals surface area contributed by atoms with Crippen molar-refractivity contribution in [2.45, 2.75) is 111 Å². The Balaban J connectivity index is 1.44. The maximum Gasteiger partial charge on any atom is 0.319 e. The molecule has 0 aromatic carbocycles. The average molecular weight is 405 g/mol. The van der Waals surface area contributed by atoms with E-state index in [1.54, 1.807) is 0 Å². The quantitative estimate of drug-likeness (QED) is 0.268. The Bertz CT molecular complexity index is 540. The Morgan fingerprint density at radius 1 is 0.897 bits per heavy atom. The number of ether oxygens (including phenoxy) is 1. The number of esters is 1. The first-order valence-electron chi connectivity index (χ1n) is 12.7. The van der Waals surface area contributed by atoms with Crippen LogP contribution in [0.3, 0.4) is 0 Å². The number of carbonyl (C=O) groups excluding carboxylic acids is 2. The molecule has 0 radical (unpaired) electrons. The SMILES string of the molecule is CCCCOC(=O)[C@@]1(C)CCC(C2CCC([C@H]3CC[C@H](CC)CC3)CC2)CC1=O. The summed E-state index contributed by atoms with van der Waals surface area (Å²) in [5, 5.41) is 0. The van der Waals surface area contributed by atoms with E-state index in [0.717, 1.165) is 37.0 Å². The van der Waals surface area contributed by atoms with Crippen LogP contribution >= 0.6 is 0 Å². The smallest absolute Gasteiger partial charge is 0.319 e. The summed E-state index contributed by atoms with van der Waals surface area (Å²) in [5.74, 6) is 3.93. The predicted octanol–water partition coefficient (Wildman–Crippen LogP) is 6.73. The Morgan fingerprint density at radius 2 is 1.45 bits per heavy atom. The van der Waals surface area contributed by atoms with Crippen LogP contribution in [-0.4, -0.2) is 18.4 Å². The third kappa shape index (κ3) is 5.44. The predicted molar refractivity (Wildman–Crippen MR) is 118 cm³/mol. The van der Waals surface area contributed by atoms with E-state index in [2.05, 4.69) is 13.8 Å². The highest BCUT2D eigenvalue weighted by atomic mass is 16.5. The summed E-state index contributed by atoms with van der Waals surface area (Å²) in [6.07, 6.45) is 16.7.